The minimum Gasteiger partial charge on any atom is -0.376 e. The summed E-state index contributed by atoms with van der Waals surface area (Å²) in [6.45, 7) is 3.79. The van der Waals surface area contributed by atoms with Crippen LogP contribution in [0.1, 0.15) is 29.5 Å². The fourth-order valence-electron chi connectivity index (χ4n) is 4.45. The molecule has 0 spiro atoms. The van der Waals surface area contributed by atoms with Crippen LogP contribution in [0.25, 0.3) is 21.5 Å². The summed E-state index contributed by atoms with van der Waals surface area (Å²) in [4.78, 5) is 21.4. The number of pyridine rings is 1. The average molecular weight is 475 g/mol. The molecular formula is C28H27FN2O2S. The number of hydrogen-bond donors (Lipinski definition) is 0. The van der Waals surface area contributed by atoms with E-state index >= 15 is 0 Å². The summed E-state index contributed by atoms with van der Waals surface area (Å²) < 4.78 is 19.2. The second-order valence-electron chi connectivity index (χ2n) is 8.88. The van der Waals surface area contributed by atoms with Gasteiger partial charge in [-0.15, -0.1) is 11.3 Å². The Kier molecular flexibility index (Phi) is 6.70. The molecule has 1 unspecified atom stereocenters. The maximum absolute atomic E-state index is 13.5. The molecule has 4 nitrogen and oxygen atoms in total. The third kappa shape index (κ3) is 5.18. The first kappa shape index (κ1) is 22.7. The number of aryl methyl sites for hydroxylation is 1. The zero-order valence-corrected chi connectivity index (χ0v) is 20.0. The molecule has 0 N–H and O–H groups in total. The highest BCUT2D eigenvalue weighted by Crippen LogP contribution is 2.31. The van der Waals surface area contributed by atoms with E-state index in [1.54, 1.807) is 23.5 Å². The smallest absolute Gasteiger partial charge is 0.227 e. The Labute approximate surface area is 203 Å². The van der Waals surface area contributed by atoms with Crippen molar-refractivity contribution in [3.63, 3.8) is 0 Å². The number of benzene rings is 2. The molecule has 1 amide bonds. The maximum Gasteiger partial charge on any atom is 0.227 e. The van der Waals surface area contributed by atoms with E-state index in [0.717, 1.165) is 52.0 Å². The van der Waals surface area contributed by atoms with Crippen LogP contribution in [0.4, 0.5) is 4.39 Å². The van der Waals surface area contributed by atoms with E-state index < -0.39 is 0 Å². The molecule has 6 heteroatoms. The van der Waals surface area contributed by atoms with Crippen LogP contribution in [0.5, 0.6) is 0 Å². The van der Waals surface area contributed by atoms with Crippen LogP contribution in [0.2, 0.25) is 0 Å². The highest BCUT2D eigenvalue weighted by molar-refractivity contribution is 7.13. The van der Waals surface area contributed by atoms with Gasteiger partial charge in [-0.25, -0.2) is 9.37 Å². The van der Waals surface area contributed by atoms with Crippen molar-refractivity contribution in [2.24, 2.45) is 0 Å². The largest absolute Gasteiger partial charge is 0.376 e. The number of fused-ring (bicyclic) bond motifs is 1. The van der Waals surface area contributed by atoms with Crippen LogP contribution < -0.4 is 0 Å². The zero-order valence-electron chi connectivity index (χ0n) is 19.2. The monoisotopic (exact) mass is 474 g/mol. The van der Waals surface area contributed by atoms with Gasteiger partial charge in [0.05, 0.1) is 28.6 Å². The summed E-state index contributed by atoms with van der Waals surface area (Å²) in [7, 11) is 0. The Morgan fingerprint density at radius 3 is 2.76 bits per heavy atom. The first-order valence-electron chi connectivity index (χ1n) is 11.6. The van der Waals surface area contributed by atoms with Gasteiger partial charge >= 0.3 is 0 Å². The number of hydrogen-bond acceptors (Lipinski definition) is 4. The zero-order chi connectivity index (χ0) is 23.5. The molecule has 1 aliphatic heterocycles. The van der Waals surface area contributed by atoms with E-state index in [4.69, 9.17) is 9.72 Å². The predicted octanol–water partition coefficient (Wildman–Crippen LogP) is 6.16. The van der Waals surface area contributed by atoms with E-state index in [1.807, 2.05) is 16.3 Å². The topological polar surface area (TPSA) is 42.4 Å². The lowest BCUT2D eigenvalue weighted by Gasteiger charge is -2.27. The van der Waals surface area contributed by atoms with Crippen molar-refractivity contribution in [3.05, 3.63) is 88.6 Å². The molecule has 174 valence electrons. The SMILES string of the molecule is Cc1ccc2cc(CN(CC3CCCO3)C(=O)Cc3ccc(F)cc3)c(-c3cccs3)nc2c1. The van der Waals surface area contributed by atoms with E-state index in [0.29, 0.717) is 13.1 Å². The summed E-state index contributed by atoms with van der Waals surface area (Å²) in [5.41, 5.74) is 4.86. The summed E-state index contributed by atoms with van der Waals surface area (Å²) in [6.07, 6.45) is 2.23. The lowest BCUT2D eigenvalue weighted by molar-refractivity contribution is -0.132. The molecule has 34 heavy (non-hydrogen) atoms. The minimum absolute atomic E-state index is 0.00300. The number of ether oxygens (including phenoxy) is 1. The molecule has 1 fully saturated rings. The quantitative estimate of drug-likeness (QED) is 0.322. The molecule has 0 aliphatic carbocycles. The number of carbonyl (C=O) groups is 1. The Bertz CT molecular complexity index is 1280. The number of rotatable bonds is 7. The van der Waals surface area contributed by atoms with Crippen LogP contribution >= 0.6 is 11.3 Å². The van der Waals surface area contributed by atoms with Crippen LogP contribution in [0, 0.1) is 12.7 Å². The van der Waals surface area contributed by atoms with Crippen molar-refractivity contribution in [3.8, 4) is 10.6 Å². The third-order valence-corrected chi connectivity index (χ3v) is 7.11. The van der Waals surface area contributed by atoms with Gasteiger partial charge in [0.2, 0.25) is 5.91 Å². The van der Waals surface area contributed by atoms with Crippen LogP contribution in [0.3, 0.4) is 0 Å². The van der Waals surface area contributed by atoms with Crippen LogP contribution in [-0.4, -0.2) is 35.0 Å². The van der Waals surface area contributed by atoms with Gasteiger partial charge in [-0.3, -0.25) is 4.79 Å². The fourth-order valence-corrected chi connectivity index (χ4v) is 5.20. The summed E-state index contributed by atoms with van der Waals surface area (Å²) in [5.74, 6) is -0.297. The predicted molar refractivity (Wildman–Crippen MR) is 134 cm³/mol. The number of thiophene rings is 1. The Hall–Kier alpha value is -3.09. The standard InChI is InChI=1S/C28H27FN2O2S/c1-19-6-9-21-16-22(28(30-25(21)14-19)26-5-3-13-34-26)17-31(18-24-4-2-12-33-24)27(32)15-20-7-10-23(29)11-8-20/h3,5-11,13-14,16,24H,2,4,12,15,17-18H2,1H3. The van der Waals surface area contributed by atoms with Gasteiger partial charge in [-0.1, -0.05) is 30.3 Å². The average Bonchev–Trinajstić information content (AvgIpc) is 3.54. The molecule has 5 rings (SSSR count). The molecule has 0 radical (unpaired) electrons. The second kappa shape index (κ2) is 10.0. The van der Waals surface area contributed by atoms with Gasteiger partial charge in [0, 0.05) is 25.1 Å². The molecule has 2 aromatic carbocycles. The van der Waals surface area contributed by atoms with Crippen molar-refractivity contribution < 1.29 is 13.9 Å². The van der Waals surface area contributed by atoms with Crippen molar-refractivity contribution in [1.29, 1.82) is 0 Å². The van der Waals surface area contributed by atoms with Gasteiger partial charge in [0.25, 0.3) is 0 Å². The summed E-state index contributed by atoms with van der Waals surface area (Å²) >= 11 is 1.65. The van der Waals surface area contributed by atoms with Gasteiger partial charge in [0.1, 0.15) is 5.82 Å². The van der Waals surface area contributed by atoms with Gasteiger partial charge in [0.15, 0.2) is 0 Å². The first-order valence-corrected chi connectivity index (χ1v) is 12.5. The normalized spacial score (nSPS) is 15.6. The van der Waals surface area contributed by atoms with Crippen molar-refractivity contribution in [2.75, 3.05) is 13.2 Å². The maximum atomic E-state index is 13.5. The third-order valence-electron chi connectivity index (χ3n) is 6.24. The molecule has 1 atom stereocenters. The number of halogens is 1. The highest BCUT2D eigenvalue weighted by Gasteiger charge is 2.24. The fraction of sp³-hybridized carbons (Fsp3) is 0.286. The molecule has 0 saturated carbocycles. The summed E-state index contributed by atoms with van der Waals surface area (Å²) in [6, 6.07) is 18.7. The molecule has 3 heterocycles. The van der Waals surface area contributed by atoms with E-state index in [1.165, 1.54) is 17.7 Å². The number of aromatic nitrogens is 1. The lowest BCUT2D eigenvalue weighted by Crippen LogP contribution is -2.38. The van der Waals surface area contributed by atoms with Crippen LogP contribution in [-0.2, 0) is 22.5 Å². The molecule has 1 saturated heterocycles. The van der Waals surface area contributed by atoms with E-state index in [2.05, 4.69) is 37.3 Å². The molecular weight excluding hydrogens is 447 g/mol. The van der Waals surface area contributed by atoms with Gasteiger partial charge in [-0.05, 0) is 72.2 Å². The second-order valence-corrected chi connectivity index (χ2v) is 9.83. The minimum atomic E-state index is -0.300. The lowest BCUT2D eigenvalue weighted by atomic mass is 10.0. The Balaban J connectivity index is 1.49. The van der Waals surface area contributed by atoms with E-state index in [9.17, 15) is 9.18 Å². The Morgan fingerprint density at radius 1 is 1.18 bits per heavy atom. The molecule has 2 aromatic heterocycles. The van der Waals surface area contributed by atoms with Gasteiger partial charge < -0.3 is 9.64 Å². The Morgan fingerprint density at radius 2 is 2.03 bits per heavy atom. The van der Waals surface area contributed by atoms with Gasteiger partial charge in [-0.2, -0.15) is 0 Å². The molecule has 0 bridgehead atoms. The van der Waals surface area contributed by atoms with Crippen molar-refractivity contribution in [2.45, 2.75) is 38.8 Å². The molecule has 4 aromatic rings. The number of nitrogens with zero attached hydrogens (tertiary/aromatic N) is 2. The first-order chi connectivity index (χ1) is 16.5. The van der Waals surface area contributed by atoms with Crippen molar-refractivity contribution >= 4 is 28.1 Å². The molecule has 1 aliphatic rings. The van der Waals surface area contributed by atoms with Crippen molar-refractivity contribution in [1.82, 2.24) is 9.88 Å². The van der Waals surface area contributed by atoms with Crippen LogP contribution in [0.15, 0.2) is 66.0 Å². The number of carbonyl (C=O) groups excluding carboxylic acids is 1. The summed E-state index contributed by atoms with van der Waals surface area (Å²) in [5, 5.41) is 3.11. The highest BCUT2D eigenvalue weighted by atomic mass is 32.1. The van der Waals surface area contributed by atoms with E-state index in [-0.39, 0.29) is 24.2 Å². The number of amides is 1.